The fourth-order valence-corrected chi connectivity index (χ4v) is 2.25. The highest BCUT2D eigenvalue weighted by Crippen LogP contribution is 2.25. The summed E-state index contributed by atoms with van der Waals surface area (Å²) in [4.78, 5) is 11.1. The zero-order chi connectivity index (χ0) is 14.2. The minimum absolute atomic E-state index is 0.178. The number of aromatic nitrogens is 3. The SMILES string of the molecule is CC(C)(C)c1nncn1-c1cc(Br)cc(C(=O)O)c1. The molecule has 0 saturated heterocycles. The van der Waals surface area contributed by atoms with Crippen LogP contribution in [-0.4, -0.2) is 25.8 Å². The number of rotatable bonds is 2. The van der Waals surface area contributed by atoms with Gasteiger partial charge in [0.05, 0.1) is 11.3 Å². The summed E-state index contributed by atoms with van der Waals surface area (Å²) >= 11 is 3.32. The van der Waals surface area contributed by atoms with E-state index in [2.05, 4.69) is 26.1 Å². The number of benzene rings is 1. The second-order valence-electron chi connectivity index (χ2n) is 5.28. The van der Waals surface area contributed by atoms with Crippen molar-refractivity contribution in [3.8, 4) is 5.69 Å². The van der Waals surface area contributed by atoms with Crippen molar-refractivity contribution in [1.29, 1.82) is 0 Å². The predicted octanol–water partition coefficient (Wildman–Crippen LogP) is 3.03. The van der Waals surface area contributed by atoms with Gasteiger partial charge < -0.3 is 5.11 Å². The van der Waals surface area contributed by atoms with E-state index >= 15 is 0 Å². The summed E-state index contributed by atoms with van der Waals surface area (Å²) < 4.78 is 2.51. The Morgan fingerprint density at radius 1 is 1.32 bits per heavy atom. The maximum Gasteiger partial charge on any atom is 0.335 e. The van der Waals surface area contributed by atoms with E-state index < -0.39 is 5.97 Å². The van der Waals surface area contributed by atoms with Crippen LogP contribution >= 0.6 is 15.9 Å². The molecule has 100 valence electrons. The van der Waals surface area contributed by atoms with Crippen molar-refractivity contribution in [2.45, 2.75) is 26.2 Å². The number of carboxylic acid groups (broad SMARTS) is 1. The third-order valence-electron chi connectivity index (χ3n) is 2.63. The van der Waals surface area contributed by atoms with E-state index in [0.717, 1.165) is 11.5 Å². The third kappa shape index (κ3) is 2.84. The van der Waals surface area contributed by atoms with E-state index in [1.807, 2.05) is 26.8 Å². The maximum atomic E-state index is 11.1. The lowest BCUT2D eigenvalue weighted by molar-refractivity contribution is 0.0697. The molecule has 0 amide bonds. The van der Waals surface area contributed by atoms with Crippen LogP contribution in [0.15, 0.2) is 29.0 Å². The van der Waals surface area contributed by atoms with Crippen LogP contribution < -0.4 is 0 Å². The van der Waals surface area contributed by atoms with Gasteiger partial charge in [-0.3, -0.25) is 4.57 Å². The summed E-state index contributed by atoms with van der Waals surface area (Å²) in [5.41, 5.74) is 0.766. The zero-order valence-corrected chi connectivity index (χ0v) is 12.5. The van der Waals surface area contributed by atoms with Crippen molar-refractivity contribution in [1.82, 2.24) is 14.8 Å². The molecule has 0 bridgehead atoms. The number of nitrogens with zero attached hydrogens (tertiary/aromatic N) is 3. The molecule has 19 heavy (non-hydrogen) atoms. The van der Waals surface area contributed by atoms with E-state index in [1.54, 1.807) is 23.0 Å². The summed E-state index contributed by atoms with van der Waals surface area (Å²) in [6.45, 7) is 6.09. The van der Waals surface area contributed by atoms with Gasteiger partial charge in [-0.15, -0.1) is 10.2 Å². The van der Waals surface area contributed by atoms with E-state index in [-0.39, 0.29) is 11.0 Å². The Morgan fingerprint density at radius 3 is 2.58 bits per heavy atom. The molecule has 1 aromatic heterocycles. The molecular formula is C13H14BrN3O2. The molecule has 0 saturated carbocycles. The number of carboxylic acids is 1. The topological polar surface area (TPSA) is 68.0 Å². The van der Waals surface area contributed by atoms with Crippen LogP contribution in [-0.2, 0) is 5.41 Å². The van der Waals surface area contributed by atoms with Gasteiger partial charge in [-0.1, -0.05) is 36.7 Å². The molecule has 2 rings (SSSR count). The van der Waals surface area contributed by atoms with Gasteiger partial charge >= 0.3 is 5.97 Å². The Bertz CT molecular complexity index is 629. The van der Waals surface area contributed by atoms with Gasteiger partial charge in [-0.25, -0.2) is 4.79 Å². The Morgan fingerprint density at radius 2 is 2.00 bits per heavy atom. The first-order valence-corrected chi connectivity index (χ1v) is 6.53. The average molecular weight is 324 g/mol. The first kappa shape index (κ1) is 13.7. The van der Waals surface area contributed by atoms with Crippen molar-refractivity contribution in [3.63, 3.8) is 0 Å². The molecule has 6 heteroatoms. The molecule has 0 atom stereocenters. The first-order valence-electron chi connectivity index (χ1n) is 5.74. The van der Waals surface area contributed by atoms with Gasteiger partial charge in [-0.05, 0) is 18.2 Å². The van der Waals surface area contributed by atoms with Gasteiger partial charge in [-0.2, -0.15) is 0 Å². The monoisotopic (exact) mass is 323 g/mol. The Balaban J connectivity index is 2.60. The van der Waals surface area contributed by atoms with Crippen LogP contribution in [0.2, 0.25) is 0 Å². The molecule has 1 N–H and O–H groups in total. The minimum Gasteiger partial charge on any atom is -0.478 e. The molecule has 0 aliphatic heterocycles. The Hall–Kier alpha value is -1.69. The molecule has 0 aliphatic rings. The second kappa shape index (κ2) is 4.77. The first-order chi connectivity index (χ1) is 8.79. The fraction of sp³-hybridized carbons (Fsp3) is 0.308. The van der Waals surface area contributed by atoms with E-state index in [1.165, 1.54) is 0 Å². The fourth-order valence-electron chi connectivity index (χ4n) is 1.77. The highest BCUT2D eigenvalue weighted by molar-refractivity contribution is 9.10. The summed E-state index contributed by atoms with van der Waals surface area (Å²) in [6, 6.07) is 5.00. The summed E-state index contributed by atoms with van der Waals surface area (Å²) in [7, 11) is 0. The molecule has 0 radical (unpaired) electrons. The molecule has 0 unspecified atom stereocenters. The number of hydrogen-bond donors (Lipinski definition) is 1. The van der Waals surface area contributed by atoms with Crippen LogP contribution in [0.25, 0.3) is 5.69 Å². The summed E-state index contributed by atoms with van der Waals surface area (Å²) in [5.74, 6) is -0.185. The van der Waals surface area contributed by atoms with Crippen molar-refractivity contribution in [2.24, 2.45) is 0 Å². The Labute approximate surface area is 119 Å². The smallest absolute Gasteiger partial charge is 0.335 e. The van der Waals surface area contributed by atoms with Gasteiger partial charge in [0.25, 0.3) is 0 Å². The number of carbonyl (C=O) groups is 1. The van der Waals surface area contributed by atoms with Crippen molar-refractivity contribution in [3.05, 3.63) is 40.4 Å². The summed E-state index contributed by atoms with van der Waals surface area (Å²) in [5, 5.41) is 17.1. The van der Waals surface area contributed by atoms with Crippen LogP contribution in [0.3, 0.4) is 0 Å². The normalized spacial score (nSPS) is 11.6. The largest absolute Gasteiger partial charge is 0.478 e. The van der Waals surface area contributed by atoms with Crippen molar-refractivity contribution < 1.29 is 9.90 Å². The molecule has 0 fully saturated rings. The minimum atomic E-state index is -0.965. The average Bonchev–Trinajstić information content (AvgIpc) is 2.76. The number of halogens is 1. The van der Waals surface area contributed by atoms with Crippen LogP contribution in [0, 0.1) is 0 Å². The van der Waals surface area contributed by atoms with Gasteiger partial charge in [0.15, 0.2) is 0 Å². The Kier molecular flexibility index (Phi) is 3.45. The van der Waals surface area contributed by atoms with Gasteiger partial charge in [0, 0.05) is 9.89 Å². The molecular weight excluding hydrogens is 310 g/mol. The molecule has 0 aliphatic carbocycles. The van der Waals surface area contributed by atoms with E-state index in [0.29, 0.717) is 4.47 Å². The van der Waals surface area contributed by atoms with E-state index in [9.17, 15) is 4.79 Å². The zero-order valence-electron chi connectivity index (χ0n) is 10.9. The van der Waals surface area contributed by atoms with Crippen LogP contribution in [0.5, 0.6) is 0 Å². The molecule has 0 spiro atoms. The molecule has 2 aromatic rings. The highest BCUT2D eigenvalue weighted by Gasteiger charge is 2.22. The van der Waals surface area contributed by atoms with Crippen molar-refractivity contribution >= 4 is 21.9 Å². The maximum absolute atomic E-state index is 11.1. The van der Waals surface area contributed by atoms with Crippen molar-refractivity contribution in [2.75, 3.05) is 0 Å². The van der Waals surface area contributed by atoms with Crippen LogP contribution in [0.1, 0.15) is 37.0 Å². The molecule has 1 heterocycles. The lowest BCUT2D eigenvalue weighted by Gasteiger charge is -2.18. The van der Waals surface area contributed by atoms with E-state index in [4.69, 9.17) is 5.11 Å². The van der Waals surface area contributed by atoms with Gasteiger partial charge in [0.1, 0.15) is 12.2 Å². The lowest BCUT2D eigenvalue weighted by Crippen LogP contribution is -2.18. The standard InChI is InChI=1S/C13H14BrN3O2/c1-13(2,3)12-16-15-7-17(12)10-5-8(11(18)19)4-9(14)6-10/h4-7H,1-3H3,(H,18,19). The second-order valence-corrected chi connectivity index (χ2v) is 6.19. The highest BCUT2D eigenvalue weighted by atomic mass is 79.9. The third-order valence-corrected chi connectivity index (χ3v) is 3.08. The van der Waals surface area contributed by atoms with Crippen LogP contribution in [0.4, 0.5) is 0 Å². The molecule has 5 nitrogen and oxygen atoms in total. The molecule has 1 aromatic carbocycles. The van der Waals surface area contributed by atoms with Gasteiger partial charge in [0.2, 0.25) is 0 Å². The predicted molar refractivity (Wildman–Crippen MR) is 74.7 cm³/mol. The quantitative estimate of drug-likeness (QED) is 0.922. The summed E-state index contributed by atoms with van der Waals surface area (Å²) in [6.07, 6.45) is 1.59. The number of hydrogen-bond acceptors (Lipinski definition) is 3. The number of aromatic carboxylic acids is 1. The lowest BCUT2D eigenvalue weighted by atomic mass is 9.95.